The maximum atomic E-state index is 9.44. The summed E-state index contributed by atoms with van der Waals surface area (Å²) in [7, 11) is 0. The lowest BCUT2D eigenvalue weighted by Gasteiger charge is -2.40. The van der Waals surface area contributed by atoms with E-state index in [9.17, 15) is 5.26 Å². The molecule has 2 fully saturated rings. The van der Waals surface area contributed by atoms with Crippen LogP contribution in [0.3, 0.4) is 0 Å². The van der Waals surface area contributed by atoms with Crippen LogP contribution in [0.25, 0.3) is 0 Å². The lowest BCUT2D eigenvalue weighted by molar-refractivity contribution is 0.0440. The van der Waals surface area contributed by atoms with Crippen LogP contribution in [0.4, 0.5) is 0 Å². The number of hydrogen-bond acceptors (Lipinski definition) is 3. The molecule has 19 heavy (non-hydrogen) atoms. The summed E-state index contributed by atoms with van der Waals surface area (Å²) >= 11 is 0. The lowest BCUT2D eigenvalue weighted by atomic mass is 9.76. The second-order valence-corrected chi connectivity index (χ2v) is 6.30. The molecule has 0 N–H and O–H groups in total. The van der Waals surface area contributed by atoms with Gasteiger partial charge in [-0.3, -0.25) is 4.90 Å². The van der Waals surface area contributed by atoms with Crippen molar-refractivity contribution in [3.05, 3.63) is 0 Å². The van der Waals surface area contributed by atoms with E-state index in [1.807, 2.05) is 0 Å². The van der Waals surface area contributed by atoms with Crippen molar-refractivity contribution in [2.75, 3.05) is 19.7 Å². The van der Waals surface area contributed by atoms with Gasteiger partial charge in [-0.25, -0.2) is 0 Å². The molecule has 2 aliphatic rings. The lowest BCUT2D eigenvalue weighted by Crippen LogP contribution is -2.46. The average Bonchev–Trinajstić information content (AvgIpc) is 2.64. The molecule has 2 rings (SSSR count). The van der Waals surface area contributed by atoms with Crippen molar-refractivity contribution >= 4 is 0 Å². The highest BCUT2D eigenvalue weighted by molar-refractivity contribution is 4.98. The van der Waals surface area contributed by atoms with Gasteiger partial charge >= 0.3 is 0 Å². The first-order valence-corrected chi connectivity index (χ1v) is 7.99. The second kappa shape index (κ2) is 7.26. The Hall–Kier alpha value is -0.590. The second-order valence-electron chi connectivity index (χ2n) is 6.30. The van der Waals surface area contributed by atoms with Crippen molar-refractivity contribution in [2.24, 2.45) is 11.8 Å². The fraction of sp³-hybridized carbons (Fsp3) is 0.938. The van der Waals surface area contributed by atoms with E-state index in [4.69, 9.17) is 4.74 Å². The smallest absolute Gasteiger partial charge is 0.0674 e. The third-order valence-electron chi connectivity index (χ3n) is 4.74. The molecule has 0 aromatic rings. The fourth-order valence-electron chi connectivity index (χ4n) is 3.78. The predicted molar refractivity (Wildman–Crippen MR) is 76.7 cm³/mol. The Morgan fingerprint density at radius 2 is 2.21 bits per heavy atom. The van der Waals surface area contributed by atoms with Gasteiger partial charge in [0.1, 0.15) is 0 Å². The normalized spacial score (nSPS) is 37.5. The minimum absolute atomic E-state index is 0.235. The van der Waals surface area contributed by atoms with Gasteiger partial charge in [0, 0.05) is 25.7 Å². The highest BCUT2D eigenvalue weighted by Crippen LogP contribution is 2.35. The first-order valence-electron chi connectivity index (χ1n) is 7.99. The van der Waals surface area contributed by atoms with Crippen molar-refractivity contribution in [3.8, 4) is 6.07 Å². The third-order valence-corrected chi connectivity index (χ3v) is 4.74. The number of nitrogens with zero attached hydrogens (tertiary/aromatic N) is 2. The Labute approximate surface area is 117 Å². The molecule has 1 aliphatic carbocycles. The van der Waals surface area contributed by atoms with Crippen LogP contribution in [0.15, 0.2) is 0 Å². The Kier molecular flexibility index (Phi) is 5.66. The third kappa shape index (κ3) is 3.94. The van der Waals surface area contributed by atoms with Crippen LogP contribution in [-0.4, -0.2) is 36.7 Å². The van der Waals surface area contributed by atoms with Crippen LogP contribution in [-0.2, 0) is 4.74 Å². The molecule has 3 heteroatoms. The molecular weight excluding hydrogens is 236 g/mol. The fourth-order valence-corrected chi connectivity index (χ4v) is 3.78. The molecule has 1 heterocycles. The van der Waals surface area contributed by atoms with Crippen molar-refractivity contribution in [2.45, 2.75) is 64.5 Å². The number of ether oxygens (including phenoxy) is 1. The van der Waals surface area contributed by atoms with Gasteiger partial charge in [-0.05, 0) is 38.5 Å². The molecule has 4 atom stereocenters. The summed E-state index contributed by atoms with van der Waals surface area (Å²) in [6.07, 6.45) is 7.59. The minimum Gasteiger partial charge on any atom is -0.377 e. The zero-order valence-electron chi connectivity index (χ0n) is 12.5. The largest absolute Gasteiger partial charge is 0.377 e. The van der Waals surface area contributed by atoms with Crippen molar-refractivity contribution in [1.82, 2.24) is 4.90 Å². The minimum atomic E-state index is 0.235. The molecule has 108 valence electrons. The molecule has 0 aromatic heterocycles. The zero-order chi connectivity index (χ0) is 13.7. The standard InChI is InChI=1S/C16H28N2O/c1-3-5-14-6-7-15(11-17)16(10-14)18-8-4-9-19-13(2)12-18/h13-16H,3-10,12H2,1-2H3. The van der Waals surface area contributed by atoms with Crippen LogP contribution in [0, 0.1) is 23.2 Å². The Balaban J connectivity index is 2.02. The van der Waals surface area contributed by atoms with E-state index in [1.54, 1.807) is 0 Å². The molecule has 0 spiro atoms. The highest BCUT2D eigenvalue weighted by atomic mass is 16.5. The number of hydrogen-bond donors (Lipinski definition) is 0. The van der Waals surface area contributed by atoms with Gasteiger partial charge in [0.05, 0.1) is 18.1 Å². The first kappa shape index (κ1) is 14.8. The van der Waals surface area contributed by atoms with E-state index in [0.29, 0.717) is 12.1 Å². The summed E-state index contributed by atoms with van der Waals surface area (Å²) in [6.45, 7) is 7.41. The maximum Gasteiger partial charge on any atom is 0.0674 e. The van der Waals surface area contributed by atoms with Crippen LogP contribution in [0.5, 0.6) is 0 Å². The molecule has 1 saturated heterocycles. The summed E-state index contributed by atoms with van der Waals surface area (Å²) in [5, 5.41) is 9.44. The van der Waals surface area contributed by atoms with Gasteiger partial charge in [-0.2, -0.15) is 5.26 Å². The van der Waals surface area contributed by atoms with E-state index in [0.717, 1.165) is 38.5 Å². The summed E-state index contributed by atoms with van der Waals surface area (Å²) < 4.78 is 5.74. The van der Waals surface area contributed by atoms with Gasteiger partial charge in [-0.15, -0.1) is 0 Å². The van der Waals surface area contributed by atoms with Gasteiger partial charge in [0.15, 0.2) is 0 Å². The SMILES string of the molecule is CCCC1CCC(C#N)C(N2CCCOC(C)C2)C1. The molecule has 0 bridgehead atoms. The van der Waals surface area contributed by atoms with Crippen LogP contribution in [0.1, 0.15) is 52.4 Å². The van der Waals surface area contributed by atoms with Crippen molar-refractivity contribution < 1.29 is 4.74 Å². The Morgan fingerprint density at radius 1 is 1.37 bits per heavy atom. The van der Waals surface area contributed by atoms with Gasteiger partial charge < -0.3 is 4.74 Å². The topological polar surface area (TPSA) is 36.3 Å². The predicted octanol–water partition coefficient (Wildman–Crippen LogP) is 3.21. The maximum absolute atomic E-state index is 9.44. The van der Waals surface area contributed by atoms with E-state index in [2.05, 4.69) is 24.8 Å². The average molecular weight is 264 g/mol. The van der Waals surface area contributed by atoms with E-state index < -0.39 is 0 Å². The van der Waals surface area contributed by atoms with Crippen molar-refractivity contribution in [1.29, 1.82) is 5.26 Å². The molecule has 3 nitrogen and oxygen atoms in total. The summed E-state index contributed by atoms with van der Waals surface area (Å²) in [4.78, 5) is 2.55. The highest BCUT2D eigenvalue weighted by Gasteiger charge is 2.35. The molecule has 1 aliphatic heterocycles. The van der Waals surface area contributed by atoms with E-state index in [1.165, 1.54) is 25.7 Å². The molecule has 1 saturated carbocycles. The molecule has 0 amide bonds. The monoisotopic (exact) mass is 264 g/mol. The number of nitriles is 1. The van der Waals surface area contributed by atoms with E-state index >= 15 is 0 Å². The molecular formula is C16H28N2O. The molecule has 4 unspecified atom stereocenters. The quantitative estimate of drug-likeness (QED) is 0.785. The summed E-state index contributed by atoms with van der Waals surface area (Å²) in [5.41, 5.74) is 0. The van der Waals surface area contributed by atoms with Gasteiger partial charge in [0.25, 0.3) is 0 Å². The van der Waals surface area contributed by atoms with Crippen molar-refractivity contribution in [3.63, 3.8) is 0 Å². The van der Waals surface area contributed by atoms with Gasteiger partial charge in [0.2, 0.25) is 0 Å². The summed E-state index contributed by atoms with van der Waals surface area (Å²) in [5.74, 6) is 1.07. The Morgan fingerprint density at radius 3 is 2.95 bits per heavy atom. The molecule has 0 aromatic carbocycles. The summed E-state index contributed by atoms with van der Waals surface area (Å²) in [6, 6.07) is 3.04. The Bertz CT molecular complexity index is 312. The van der Waals surface area contributed by atoms with E-state index in [-0.39, 0.29) is 5.92 Å². The van der Waals surface area contributed by atoms with Crippen LogP contribution in [0.2, 0.25) is 0 Å². The van der Waals surface area contributed by atoms with Crippen LogP contribution < -0.4 is 0 Å². The van der Waals surface area contributed by atoms with Gasteiger partial charge in [-0.1, -0.05) is 19.8 Å². The molecule has 0 radical (unpaired) electrons. The van der Waals surface area contributed by atoms with Crippen LogP contribution >= 0.6 is 0 Å². The zero-order valence-corrected chi connectivity index (χ0v) is 12.5. The number of rotatable bonds is 3. The first-order chi connectivity index (χ1) is 9.24.